The third-order valence-corrected chi connectivity index (χ3v) is 4.88. The molecule has 0 unspecified atom stereocenters. The van der Waals surface area contributed by atoms with Gasteiger partial charge in [-0.05, 0) is 43.2 Å². The van der Waals surface area contributed by atoms with Crippen LogP contribution >= 0.6 is 0 Å². The first-order valence-corrected chi connectivity index (χ1v) is 7.59. The second kappa shape index (κ2) is 5.72. The SMILES string of the molecule is N#Cc1ccc(N2CCC3(CCNC(=O)CC3)CC2)nc1. The molecule has 3 rings (SSSR count). The maximum absolute atomic E-state index is 11.5. The first kappa shape index (κ1) is 13.9. The number of rotatable bonds is 1. The average molecular weight is 284 g/mol. The molecule has 1 spiro atoms. The first-order valence-electron chi connectivity index (χ1n) is 7.59. The van der Waals surface area contributed by atoms with Crippen LogP contribution in [0.2, 0.25) is 0 Å². The molecule has 2 fully saturated rings. The van der Waals surface area contributed by atoms with Crippen LogP contribution < -0.4 is 10.2 Å². The van der Waals surface area contributed by atoms with E-state index >= 15 is 0 Å². The van der Waals surface area contributed by atoms with Crippen LogP contribution in [-0.2, 0) is 4.79 Å². The fourth-order valence-corrected chi connectivity index (χ4v) is 3.41. The minimum absolute atomic E-state index is 0.197. The number of nitrogens with one attached hydrogen (secondary N) is 1. The second-order valence-corrected chi connectivity index (χ2v) is 6.10. The van der Waals surface area contributed by atoms with E-state index in [1.165, 1.54) is 0 Å². The highest BCUT2D eigenvalue weighted by atomic mass is 16.1. The van der Waals surface area contributed by atoms with Crippen molar-refractivity contribution in [2.24, 2.45) is 5.41 Å². The molecule has 1 amide bonds. The molecule has 3 heterocycles. The van der Waals surface area contributed by atoms with Crippen LogP contribution in [0, 0.1) is 16.7 Å². The van der Waals surface area contributed by atoms with E-state index in [-0.39, 0.29) is 5.91 Å². The van der Waals surface area contributed by atoms with Crippen LogP contribution in [0.5, 0.6) is 0 Å². The molecule has 110 valence electrons. The van der Waals surface area contributed by atoms with Crippen molar-refractivity contribution in [1.29, 1.82) is 5.26 Å². The molecule has 5 nitrogen and oxygen atoms in total. The minimum atomic E-state index is 0.197. The summed E-state index contributed by atoms with van der Waals surface area (Å²) in [6.45, 7) is 2.77. The summed E-state index contributed by atoms with van der Waals surface area (Å²) in [4.78, 5) is 18.2. The van der Waals surface area contributed by atoms with Crippen LogP contribution in [0.3, 0.4) is 0 Å². The largest absolute Gasteiger partial charge is 0.357 e. The van der Waals surface area contributed by atoms with E-state index in [4.69, 9.17) is 5.26 Å². The van der Waals surface area contributed by atoms with E-state index in [0.29, 0.717) is 17.4 Å². The normalized spacial score (nSPS) is 21.5. The summed E-state index contributed by atoms with van der Waals surface area (Å²) in [5, 5.41) is 11.8. The lowest BCUT2D eigenvalue weighted by molar-refractivity contribution is -0.120. The molecule has 1 aromatic rings. The topological polar surface area (TPSA) is 69.0 Å². The Labute approximate surface area is 125 Å². The number of hydrogen-bond acceptors (Lipinski definition) is 4. The lowest BCUT2D eigenvalue weighted by Gasteiger charge is -2.41. The quantitative estimate of drug-likeness (QED) is 0.854. The molecular weight excluding hydrogens is 264 g/mol. The standard InChI is InChI=1S/C16H20N4O/c17-11-13-1-2-14(19-12-13)20-9-6-16(7-10-20)4-3-15(21)18-8-5-16/h1-2,12H,3-10H2,(H,18,21). The lowest BCUT2D eigenvalue weighted by Crippen LogP contribution is -2.40. The van der Waals surface area contributed by atoms with Gasteiger partial charge < -0.3 is 10.2 Å². The molecule has 0 atom stereocenters. The van der Waals surface area contributed by atoms with Crippen LogP contribution in [0.15, 0.2) is 18.3 Å². The van der Waals surface area contributed by atoms with Gasteiger partial charge in [-0.15, -0.1) is 0 Å². The number of amides is 1. The van der Waals surface area contributed by atoms with Gasteiger partial charge in [-0.3, -0.25) is 4.79 Å². The Hall–Kier alpha value is -2.09. The number of hydrogen-bond donors (Lipinski definition) is 1. The Morgan fingerprint density at radius 3 is 2.71 bits per heavy atom. The van der Waals surface area contributed by atoms with Gasteiger partial charge >= 0.3 is 0 Å². The number of nitriles is 1. The fourth-order valence-electron chi connectivity index (χ4n) is 3.41. The van der Waals surface area contributed by atoms with Gasteiger partial charge in [-0.2, -0.15) is 5.26 Å². The number of pyridine rings is 1. The van der Waals surface area contributed by atoms with Crippen LogP contribution in [0.25, 0.3) is 0 Å². The van der Waals surface area contributed by atoms with E-state index in [2.05, 4.69) is 21.3 Å². The number of aromatic nitrogens is 1. The van der Waals surface area contributed by atoms with Gasteiger partial charge in [0.25, 0.3) is 0 Å². The summed E-state index contributed by atoms with van der Waals surface area (Å²) in [5.74, 6) is 1.15. The van der Waals surface area contributed by atoms with Crippen molar-refractivity contribution in [3.8, 4) is 6.07 Å². The predicted octanol–water partition coefficient (Wildman–Crippen LogP) is 1.84. The maximum Gasteiger partial charge on any atom is 0.220 e. The summed E-state index contributed by atoms with van der Waals surface area (Å²) < 4.78 is 0. The van der Waals surface area contributed by atoms with Crippen molar-refractivity contribution in [3.63, 3.8) is 0 Å². The van der Waals surface area contributed by atoms with Crippen LogP contribution in [-0.4, -0.2) is 30.5 Å². The van der Waals surface area contributed by atoms with Gasteiger partial charge in [-0.1, -0.05) is 0 Å². The summed E-state index contributed by atoms with van der Waals surface area (Å²) in [6.07, 6.45) is 6.62. The Balaban J connectivity index is 1.64. The molecule has 21 heavy (non-hydrogen) atoms. The summed E-state index contributed by atoms with van der Waals surface area (Å²) in [6, 6.07) is 5.84. The number of anilines is 1. The average Bonchev–Trinajstić information content (AvgIpc) is 2.71. The highest BCUT2D eigenvalue weighted by molar-refractivity contribution is 5.76. The van der Waals surface area contributed by atoms with Crippen molar-refractivity contribution in [3.05, 3.63) is 23.9 Å². The molecular formula is C16H20N4O. The Kier molecular flexibility index (Phi) is 3.78. The highest BCUT2D eigenvalue weighted by Gasteiger charge is 2.36. The van der Waals surface area contributed by atoms with Crippen molar-refractivity contribution in [2.45, 2.75) is 32.1 Å². The number of carbonyl (C=O) groups excluding carboxylic acids is 1. The van der Waals surface area contributed by atoms with E-state index in [1.54, 1.807) is 6.20 Å². The molecule has 0 aromatic carbocycles. The molecule has 0 aliphatic carbocycles. The number of carbonyl (C=O) groups is 1. The molecule has 0 bridgehead atoms. The van der Waals surface area contributed by atoms with Crippen LogP contribution in [0.1, 0.15) is 37.7 Å². The van der Waals surface area contributed by atoms with E-state index in [9.17, 15) is 4.79 Å². The van der Waals surface area contributed by atoms with E-state index in [1.807, 2.05) is 12.1 Å². The van der Waals surface area contributed by atoms with Crippen LogP contribution in [0.4, 0.5) is 5.82 Å². The fraction of sp³-hybridized carbons (Fsp3) is 0.562. The summed E-state index contributed by atoms with van der Waals surface area (Å²) >= 11 is 0. The molecule has 2 aliphatic heterocycles. The third kappa shape index (κ3) is 2.99. The van der Waals surface area contributed by atoms with Gasteiger partial charge in [0.2, 0.25) is 5.91 Å². The van der Waals surface area contributed by atoms with Crippen molar-refractivity contribution >= 4 is 11.7 Å². The zero-order valence-corrected chi connectivity index (χ0v) is 12.1. The van der Waals surface area contributed by atoms with Gasteiger partial charge in [0.1, 0.15) is 11.9 Å². The van der Waals surface area contributed by atoms with Gasteiger partial charge in [0.05, 0.1) is 5.56 Å². The summed E-state index contributed by atoms with van der Waals surface area (Å²) in [5.41, 5.74) is 0.919. The number of nitrogens with zero attached hydrogens (tertiary/aromatic N) is 3. The second-order valence-electron chi connectivity index (χ2n) is 6.10. The Morgan fingerprint density at radius 1 is 1.24 bits per heavy atom. The highest BCUT2D eigenvalue weighted by Crippen LogP contribution is 2.40. The zero-order valence-electron chi connectivity index (χ0n) is 12.1. The van der Waals surface area contributed by atoms with E-state index in [0.717, 1.165) is 51.1 Å². The van der Waals surface area contributed by atoms with Gasteiger partial charge in [0.15, 0.2) is 0 Å². The molecule has 5 heteroatoms. The van der Waals surface area contributed by atoms with Crippen molar-refractivity contribution in [2.75, 3.05) is 24.5 Å². The minimum Gasteiger partial charge on any atom is -0.357 e. The Morgan fingerprint density at radius 2 is 2.05 bits per heavy atom. The smallest absolute Gasteiger partial charge is 0.220 e. The van der Waals surface area contributed by atoms with Crippen molar-refractivity contribution in [1.82, 2.24) is 10.3 Å². The molecule has 1 N–H and O–H groups in total. The number of piperidine rings is 1. The summed E-state index contributed by atoms with van der Waals surface area (Å²) in [7, 11) is 0. The maximum atomic E-state index is 11.5. The van der Waals surface area contributed by atoms with Crippen molar-refractivity contribution < 1.29 is 4.79 Å². The lowest BCUT2D eigenvalue weighted by atomic mass is 9.73. The molecule has 2 saturated heterocycles. The van der Waals surface area contributed by atoms with Gasteiger partial charge in [0, 0.05) is 32.3 Å². The zero-order chi connectivity index (χ0) is 14.7. The molecule has 2 aliphatic rings. The third-order valence-electron chi connectivity index (χ3n) is 4.88. The molecule has 0 radical (unpaired) electrons. The van der Waals surface area contributed by atoms with Gasteiger partial charge in [-0.25, -0.2) is 4.98 Å². The molecule has 1 aromatic heterocycles. The molecule has 0 saturated carbocycles. The first-order chi connectivity index (χ1) is 10.2. The Bertz CT molecular complexity index is 553. The predicted molar refractivity (Wildman–Crippen MR) is 79.7 cm³/mol. The monoisotopic (exact) mass is 284 g/mol. The van der Waals surface area contributed by atoms with E-state index < -0.39 is 0 Å².